The van der Waals surface area contributed by atoms with E-state index in [4.69, 9.17) is 11.6 Å². The maximum absolute atomic E-state index is 12.4. The molecular formula is C17H21ClN2O3S2. The van der Waals surface area contributed by atoms with Crippen molar-refractivity contribution in [3.63, 3.8) is 0 Å². The third-order valence-corrected chi connectivity index (χ3v) is 6.54. The van der Waals surface area contributed by atoms with E-state index in [1.165, 1.54) is 11.3 Å². The maximum atomic E-state index is 12.4. The molecule has 136 valence electrons. The number of nitrogens with one attached hydrogen (secondary N) is 1. The summed E-state index contributed by atoms with van der Waals surface area (Å²) in [6.07, 6.45) is 0.0970. The fourth-order valence-corrected chi connectivity index (χ4v) is 4.82. The Kier molecular flexibility index (Phi) is 6.62. The lowest BCUT2D eigenvalue weighted by Crippen LogP contribution is -2.32. The van der Waals surface area contributed by atoms with E-state index in [0.29, 0.717) is 16.4 Å². The van der Waals surface area contributed by atoms with Crippen LogP contribution >= 0.6 is 22.9 Å². The molecule has 0 aliphatic rings. The first-order valence-corrected chi connectivity index (χ1v) is 10.4. The number of halogens is 1. The van der Waals surface area contributed by atoms with Crippen LogP contribution < -0.4 is 4.72 Å². The van der Waals surface area contributed by atoms with E-state index in [-0.39, 0.29) is 23.8 Å². The zero-order valence-electron chi connectivity index (χ0n) is 14.4. The largest absolute Gasteiger partial charge is 0.341 e. The number of nitrogens with zero attached hydrogens (tertiary/aromatic N) is 1. The molecule has 0 saturated carbocycles. The summed E-state index contributed by atoms with van der Waals surface area (Å²) < 4.78 is 27.9. The molecule has 0 radical (unpaired) electrons. The van der Waals surface area contributed by atoms with E-state index in [1.54, 1.807) is 37.1 Å². The Hall–Kier alpha value is -1.41. The van der Waals surface area contributed by atoms with Crippen molar-refractivity contribution >= 4 is 38.9 Å². The van der Waals surface area contributed by atoms with Crippen molar-refractivity contribution in [3.05, 3.63) is 50.7 Å². The van der Waals surface area contributed by atoms with Crippen LogP contribution in [-0.2, 0) is 21.4 Å². The summed E-state index contributed by atoms with van der Waals surface area (Å²) in [5, 5.41) is 0. The molecule has 0 spiro atoms. The molecule has 1 amide bonds. The molecule has 0 aliphatic carbocycles. The van der Waals surface area contributed by atoms with Crippen molar-refractivity contribution in [2.45, 2.75) is 31.7 Å². The third kappa shape index (κ3) is 5.54. The number of hydrogen-bond donors (Lipinski definition) is 1. The van der Waals surface area contributed by atoms with Crippen molar-refractivity contribution in [1.82, 2.24) is 9.62 Å². The van der Waals surface area contributed by atoms with Crippen molar-refractivity contribution in [3.8, 4) is 0 Å². The van der Waals surface area contributed by atoms with Crippen LogP contribution in [0.2, 0.25) is 4.34 Å². The van der Waals surface area contributed by atoms with Crippen molar-refractivity contribution in [2.24, 2.45) is 0 Å². The van der Waals surface area contributed by atoms with Crippen molar-refractivity contribution in [2.75, 3.05) is 13.6 Å². The standard InChI is InChI=1S/C17H21ClN2O3S2/c1-12-4-6-15(13(2)10-12)25(22,23)19-9-8-17(21)20(3)11-14-5-7-16(18)24-14/h4-7,10,19H,8-9,11H2,1-3H3. The van der Waals surface area contributed by atoms with Gasteiger partial charge in [-0.25, -0.2) is 13.1 Å². The van der Waals surface area contributed by atoms with E-state index in [1.807, 2.05) is 19.1 Å². The van der Waals surface area contributed by atoms with Crippen LogP contribution in [0, 0.1) is 13.8 Å². The van der Waals surface area contributed by atoms with E-state index in [0.717, 1.165) is 10.4 Å². The van der Waals surface area contributed by atoms with Crippen LogP contribution in [0.25, 0.3) is 0 Å². The normalized spacial score (nSPS) is 11.5. The molecule has 1 heterocycles. The second-order valence-electron chi connectivity index (χ2n) is 5.87. The molecular weight excluding hydrogens is 380 g/mol. The van der Waals surface area contributed by atoms with Gasteiger partial charge in [-0.2, -0.15) is 0 Å². The molecule has 1 aromatic heterocycles. The molecule has 25 heavy (non-hydrogen) atoms. The summed E-state index contributed by atoms with van der Waals surface area (Å²) in [5.74, 6) is -0.132. The topological polar surface area (TPSA) is 66.5 Å². The molecule has 0 fully saturated rings. The van der Waals surface area contributed by atoms with E-state index >= 15 is 0 Å². The molecule has 0 bridgehead atoms. The molecule has 5 nitrogen and oxygen atoms in total. The molecule has 0 aliphatic heterocycles. The number of carbonyl (C=O) groups is 1. The van der Waals surface area contributed by atoms with Gasteiger partial charge in [0.25, 0.3) is 0 Å². The van der Waals surface area contributed by atoms with Gasteiger partial charge in [0.15, 0.2) is 0 Å². The second-order valence-corrected chi connectivity index (χ2v) is 9.41. The van der Waals surface area contributed by atoms with Crippen molar-refractivity contribution < 1.29 is 13.2 Å². The molecule has 1 N–H and O–H groups in total. The van der Waals surface area contributed by atoms with Gasteiger partial charge in [-0.1, -0.05) is 29.3 Å². The highest BCUT2D eigenvalue weighted by atomic mass is 35.5. The predicted octanol–water partition coefficient (Wildman–Crippen LogP) is 3.35. The number of benzene rings is 1. The summed E-state index contributed by atoms with van der Waals surface area (Å²) in [6, 6.07) is 8.82. The van der Waals surface area contributed by atoms with Gasteiger partial charge in [0.1, 0.15) is 0 Å². The first kappa shape index (κ1) is 19.9. The Balaban J connectivity index is 1.89. The van der Waals surface area contributed by atoms with E-state index in [9.17, 15) is 13.2 Å². The lowest BCUT2D eigenvalue weighted by Gasteiger charge is -2.16. The van der Waals surface area contributed by atoms with Gasteiger partial charge in [-0.3, -0.25) is 4.79 Å². The number of thiophene rings is 1. The highest BCUT2D eigenvalue weighted by Gasteiger charge is 2.17. The lowest BCUT2D eigenvalue weighted by atomic mass is 10.2. The highest BCUT2D eigenvalue weighted by molar-refractivity contribution is 7.89. The van der Waals surface area contributed by atoms with Gasteiger partial charge in [-0.15, -0.1) is 11.3 Å². The molecule has 0 unspecified atom stereocenters. The molecule has 0 atom stereocenters. The maximum Gasteiger partial charge on any atom is 0.240 e. The van der Waals surface area contributed by atoms with Crippen LogP contribution in [0.1, 0.15) is 22.4 Å². The summed E-state index contributed by atoms with van der Waals surface area (Å²) in [4.78, 5) is 14.9. The minimum absolute atomic E-state index is 0.0595. The van der Waals surface area contributed by atoms with Crippen LogP contribution in [0.3, 0.4) is 0 Å². The van der Waals surface area contributed by atoms with Gasteiger partial charge in [0.05, 0.1) is 15.8 Å². The van der Waals surface area contributed by atoms with Crippen LogP contribution in [0.5, 0.6) is 0 Å². The van der Waals surface area contributed by atoms with Gasteiger partial charge < -0.3 is 4.90 Å². The number of carbonyl (C=O) groups excluding carboxylic acids is 1. The first-order chi connectivity index (χ1) is 11.7. The number of rotatable bonds is 7. The van der Waals surface area contributed by atoms with Gasteiger partial charge >= 0.3 is 0 Å². The Morgan fingerprint density at radius 1 is 1.24 bits per heavy atom. The predicted molar refractivity (Wildman–Crippen MR) is 102 cm³/mol. The quantitative estimate of drug-likeness (QED) is 0.775. The number of aryl methyl sites for hydroxylation is 2. The van der Waals surface area contributed by atoms with Crippen molar-refractivity contribution in [1.29, 1.82) is 0 Å². The van der Waals surface area contributed by atoms with Crippen LogP contribution in [0.4, 0.5) is 0 Å². The number of sulfonamides is 1. The molecule has 1 aromatic carbocycles. The van der Waals surface area contributed by atoms with Crippen LogP contribution in [-0.4, -0.2) is 32.8 Å². The number of amides is 1. The average Bonchev–Trinajstić information content (AvgIpc) is 2.91. The summed E-state index contributed by atoms with van der Waals surface area (Å²) in [5.41, 5.74) is 1.69. The summed E-state index contributed by atoms with van der Waals surface area (Å²) >= 11 is 7.30. The fourth-order valence-electron chi connectivity index (χ4n) is 2.42. The SMILES string of the molecule is Cc1ccc(S(=O)(=O)NCCC(=O)N(C)Cc2ccc(Cl)s2)c(C)c1. The minimum atomic E-state index is -3.62. The van der Waals surface area contributed by atoms with Gasteiger partial charge in [0, 0.05) is 24.9 Å². The highest BCUT2D eigenvalue weighted by Crippen LogP contribution is 2.22. The van der Waals surface area contributed by atoms with Crippen LogP contribution in [0.15, 0.2) is 35.2 Å². The third-order valence-electron chi connectivity index (χ3n) is 3.70. The fraction of sp³-hybridized carbons (Fsp3) is 0.353. The van der Waals surface area contributed by atoms with E-state index in [2.05, 4.69) is 4.72 Å². The second kappa shape index (κ2) is 8.31. The molecule has 2 aromatic rings. The minimum Gasteiger partial charge on any atom is -0.341 e. The summed E-state index contributed by atoms with van der Waals surface area (Å²) in [7, 11) is -1.93. The zero-order valence-corrected chi connectivity index (χ0v) is 16.8. The van der Waals surface area contributed by atoms with Gasteiger partial charge in [-0.05, 0) is 37.6 Å². The first-order valence-electron chi connectivity index (χ1n) is 7.74. The summed E-state index contributed by atoms with van der Waals surface area (Å²) in [6.45, 7) is 4.18. The smallest absolute Gasteiger partial charge is 0.240 e. The molecule has 8 heteroatoms. The lowest BCUT2D eigenvalue weighted by molar-refractivity contribution is -0.130. The Bertz CT molecular complexity index is 863. The Morgan fingerprint density at radius 3 is 2.56 bits per heavy atom. The Labute approximate surface area is 157 Å². The number of hydrogen-bond acceptors (Lipinski definition) is 4. The molecule has 2 rings (SSSR count). The molecule has 0 saturated heterocycles. The Morgan fingerprint density at radius 2 is 1.96 bits per heavy atom. The zero-order chi connectivity index (χ0) is 18.6. The monoisotopic (exact) mass is 400 g/mol. The van der Waals surface area contributed by atoms with E-state index < -0.39 is 10.0 Å². The van der Waals surface area contributed by atoms with Gasteiger partial charge in [0.2, 0.25) is 15.9 Å². The average molecular weight is 401 g/mol.